The highest BCUT2D eigenvalue weighted by atomic mass is 15.2. The minimum Gasteiger partial charge on any atom is -0.399 e. The molecule has 1 saturated heterocycles. The molecule has 2 heteroatoms. The molecule has 2 aliphatic heterocycles. The van der Waals surface area contributed by atoms with E-state index in [-0.39, 0.29) is 0 Å². The average molecular weight is 148 g/mol. The zero-order chi connectivity index (χ0) is 7.84. The fourth-order valence-corrected chi connectivity index (χ4v) is 1.59. The number of allylic oxidation sites excluding steroid dienone is 3. The van der Waals surface area contributed by atoms with Crippen LogP contribution in [0, 0.1) is 0 Å². The average Bonchev–Trinajstić information content (AvgIpc) is 2.19. The van der Waals surface area contributed by atoms with Crippen LogP contribution in [0.5, 0.6) is 0 Å². The maximum absolute atomic E-state index is 5.68. The molecule has 2 N–H and O–H groups in total. The molecule has 3 rings (SSSR count). The fourth-order valence-electron chi connectivity index (χ4n) is 1.59. The monoisotopic (exact) mass is 148 g/mol. The molecule has 0 aromatic carbocycles. The van der Waals surface area contributed by atoms with Gasteiger partial charge in [-0.15, -0.1) is 0 Å². The third-order valence-corrected chi connectivity index (χ3v) is 2.17. The molecule has 1 fully saturated rings. The summed E-state index contributed by atoms with van der Waals surface area (Å²) >= 11 is 0. The van der Waals surface area contributed by atoms with Crippen LogP contribution in [-0.2, 0) is 0 Å². The number of fused-ring (bicyclic) bond motifs is 2. The molecule has 2 heterocycles. The molecule has 2 nitrogen and oxygen atoms in total. The van der Waals surface area contributed by atoms with Crippen molar-refractivity contribution >= 4 is 0 Å². The maximum atomic E-state index is 5.68. The summed E-state index contributed by atoms with van der Waals surface area (Å²) in [6.07, 6.45) is 7.21. The summed E-state index contributed by atoms with van der Waals surface area (Å²) in [6.45, 7) is 3.21. The van der Waals surface area contributed by atoms with E-state index in [1.54, 1.807) is 0 Å². The van der Waals surface area contributed by atoms with Gasteiger partial charge in [-0.2, -0.15) is 0 Å². The molecular weight excluding hydrogens is 136 g/mol. The maximum Gasteiger partial charge on any atom is 0.0332 e. The lowest BCUT2D eigenvalue weighted by Crippen LogP contribution is -2.31. The van der Waals surface area contributed by atoms with Crippen molar-refractivity contribution in [2.45, 2.75) is 13.3 Å². The Hall–Kier alpha value is -1.18. The molecule has 0 aromatic heterocycles. The van der Waals surface area contributed by atoms with Crippen LogP contribution in [0.2, 0.25) is 0 Å². The summed E-state index contributed by atoms with van der Waals surface area (Å²) in [6, 6.07) is 0. The van der Waals surface area contributed by atoms with E-state index < -0.39 is 0 Å². The van der Waals surface area contributed by atoms with Gasteiger partial charge in [0.2, 0.25) is 0 Å². The predicted octanol–water partition coefficient (Wildman–Crippen LogP) is 1.34. The van der Waals surface area contributed by atoms with Crippen LogP contribution in [-0.4, -0.2) is 11.4 Å². The van der Waals surface area contributed by atoms with Crippen molar-refractivity contribution in [3.63, 3.8) is 0 Å². The van der Waals surface area contributed by atoms with Gasteiger partial charge in [0.15, 0.2) is 0 Å². The van der Waals surface area contributed by atoms with Crippen LogP contribution < -0.4 is 5.73 Å². The van der Waals surface area contributed by atoms with E-state index in [2.05, 4.69) is 24.0 Å². The van der Waals surface area contributed by atoms with Gasteiger partial charge in [0, 0.05) is 30.1 Å². The smallest absolute Gasteiger partial charge is 0.0332 e. The Bertz CT molecular complexity index is 271. The zero-order valence-electron chi connectivity index (χ0n) is 6.67. The molecule has 0 radical (unpaired) electrons. The first-order valence-corrected chi connectivity index (χ1v) is 3.95. The molecule has 0 saturated carbocycles. The van der Waals surface area contributed by atoms with E-state index in [0.717, 1.165) is 18.7 Å². The molecule has 11 heavy (non-hydrogen) atoms. The summed E-state index contributed by atoms with van der Waals surface area (Å²) in [5, 5.41) is 0. The number of nitrogens with two attached hydrogens (primary N) is 1. The molecule has 58 valence electrons. The highest BCUT2D eigenvalue weighted by Gasteiger charge is 2.25. The second kappa shape index (κ2) is 2.16. The van der Waals surface area contributed by atoms with Gasteiger partial charge < -0.3 is 10.6 Å². The third kappa shape index (κ3) is 0.862. The van der Waals surface area contributed by atoms with E-state index in [9.17, 15) is 0 Å². The second-order valence-electron chi connectivity index (χ2n) is 2.88. The first-order chi connectivity index (χ1) is 5.31. The Balaban J connectivity index is 2.33. The topological polar surface area (TPSA) is 29.3 Å². The summed E-state index contributed by atoms with van der Waals surface area (Å²) < 4.78 is 0. The van der Waals surface area contributed by atoms with E-state index in [1.807, 2.05) is 6.08 Å². The van der Waals surface area contributed by atoms with Crippen molar-refractivity contribution in [3.8, 4) is 0 Å². The van der Waals surface area contributed by atoms with Gasteiger partial charge in [-0.25, -0.2) is 0 Å². The van der Waals surface area contributed by atoms with Crippen LogP contribution in [0.3, 0.4) is 0 Å². The van der Waals surface area contributed by atoms with Gasteiger partial charge in [-0.3, -0.25) is 0 Å². The van der Waals surface area contributed by atoms with Crippen molar-refractivity contribution in [2.24, 2.45) is 5.73 Å². The van der Waals surface area contributed by atoms with Crippen LogP contribution in [0.15, 0.2) is 35.3 Å². The lowest BCUT2D eigenvalue weighted by atomic mass is 10.1. The van der Waals surface area contributed by atoms with Crippen molar-refractivity contribution < 1.29 is 0 Å². The van der Waals surface area contributed by atoms with E-state index in [1.165, 1.54) is 11.4 Å². The first kappa shape index (κ1) is 6.53. The van der Waals surface area contributed by atoms with Gasteiger partial charge in [-0.1, -0.05) is 0 Å². The van der Waals surface area contributed by atoms with E-state index >= 15 is 0 Å². The highest BCUT2D eigenvalue weighted by molar-refractivity contribution is 5.41. The van der Waals surface area contributed by atoms with Crippen LogP contribution in [0.25, 0.3) is 0 Å². The Labute approximate surface area is 66.7 Å². The molecule has 3 aliphatic rings. The van der Waals surface area contributed by atoms with Crippen molar-refractivity contribution in [1.29, 1.82) is 0 Å². The molecule has 2 bridgehead atoms. The fraction of sp³-hybridized carbons (Fsp3) is 0.333. The molecule has 0 atom stereocenters. The van der Waals surface area contributed by atoms with Crippen LogP contribution >= 0.6 is 0 Å². The zero-order valence-corrected chi connectivity index (χ0v) is 6.67. The quantitative estimate of drug-likeness (QED) is 0.608. The largest absolute Gasteiger partial charge is 0.399 e. The van der Waals surface area contributed by atoms with Crippen LogP contribution in [0.1, 0.15) is 13.3 Å². The number of hydrogen-bond donors (Lipinski definition) is 1. The second-order valence-corrected chi connectivity index (χ2v) is 2.88. The van der Waals surface area contributed by atoms with E-state index in [4.69, 9.17) is 5.73 Å². The van der Waals surface area contributed by atoms with Gasteiger partial charge in [0.1, 0.15) is 0 Å². The van der Waals surface area contributed by atoms with Gasteiger partial charge >= 0.3 is 0 Å². The summed E-state index contributed by atoms with van der Waals surface area (Å²) in [5.41, 5.74) is 9.29. The summed E-state index contributed by atoms with van der Waals surface area (Å²) in [7, 11) is 0. The molecule has 0 spiro atoms. The van der Waals surface area contributed by atoms with Crippen LogP contribution in [0.4, 0.5) is 0 Å². The van der Waals surface area contributed by atoms with Gasteiger partial charge in [0.05, 0.1) is 0 Å². The Morgan fingerprint density at radius 3 is 3.00 bits per heavy atom. The van der Waals surface area contributed by atoms with Crippen molar-refractivity contribution in [1.82, 2.24) is 4.90 Å². The number of nitrogens with zero attached hydrogens (tertiary/aromatic N) is 1. The van der Waals surface area contributed by atoms with Crippen molar-refractivity contribution in [3.05, 3.63) is 35.3 Å². The van der Waals surface area contributed by atoms with Gasteiger partial charge in [-0.05, 0) is 25.2 Å². The molecule has 1 aliphatic carbocycles. The standard InChI is InChI=1S/C9H12N2/c1-2-11-8-4-3-7(10)5-9(11)6-8/h3-5H,2,6,10H2,1H3. The number of hydrogen-bond acceptors (Lipinski definition) is 2. The van der Waals surface area contributed by atoms with Crippen molar-refractivity contribution in [2.75, 3.05) is 6.54 Å². The summed E-state index contributed by atoms with van der Waals surface area (Å²) in [4.78, 5) is 2.29. The van der Waals surface area contributed by atoms with Gasteiger partial charge in [0.25, 0.3) is 0 Å². The lowest BCUT2D eigenvalue weighted by Gasteiger charge is -2.37. The SMILES string of the molecule is CCN1C2=CC=C(N)C=C1C2. The predicted molar refractivity (Wildman–Crippen MR) is 45.4 cm³/mol. The molecule has 0 aromatic rings. The highest BCUT2D eigenvalue weighted by Crippen LogP contribution is 2.34. The normalized spacial score (nSPS) is 21.2. The molecule has 0 amide bonds. The first-order valence-electron chi connectivity index (χ1n) is 3.95. The Morgan fingerprint density at radius 2 is 2.27 bits per heavy atom. The molecule has 0 unspecified atom stereocenters. The third-order valence-electron chi connectivity index (χ3n) is 2.17. The Morgan fingerprint density at radius 1 is 1.45 bits per heavy atom. The molecular formula is C9H12N2. The minimum atomic E-state index is 0.867. The van der Waals surface area contributed by atoms with E-state index in [0.29, 0.717) is 0 Å². The summed E-state index contributed by atoms with van der Waals surface area (Å²) in [5.74, 6) is 0. The number of rotatable bonds is 1. The minimum absolute atomic E-state index is 0.867. The Kier molecular flexibility index (Phi) is 1.28. The lowest BCUT2D eigenvalue weighted by molar-refractivity contribution is 0.352.